The average Bonchev–Trinajstić information content (AvgIpc) is 3.27. The highest BCUT2D eigenvalue weighted by Gasteiger charge is 2.45. The molecule has 4 aliphatic heterocycles. The lowest BCUT2D eigenvalue weighted by Gasteiger charge is -2.53. The van der Waals surface area contributed by atoms with Crippen LogP contribution in [0.1, 0.15) is 70.6 Å². The number of likely N-dealkylation sites (tertiary alicyclic amines) is 2. The Bertz CT molecular complexity index is 699. The van der Waals surface area contributed by atoms with E-state index in [1.54, 1.807) is 0 Å². The molecule has 2 bridgehead atoms. The maximum absolute atomic E-state index is 13.3. The van der Waals surface area contributed by atoms with Gasteiger partial charge >= 0.3 is 6.03 Å². The first-order chi connectivity index (χ1) is 15.1. The molecule has 5 aliphatic rings. The molecule has 172 valence electrons. The summed E-state index contributed by atoms with van der Waals surface area (Å²) in [4.78, 5) is 44.1. The molecular weight excluding hydrogens is 392 g/mol. The number of carbonyl (C=O) groups is 3. The van der Waals surface area contributed by atoms with Crippen molar-refractivity contribution in [3.8, 4) is 0 Å². The van der Waals surface area contributed by atoms with Crippen LogP contribution in [0.15, 0.2) is 0 Å². The van der Waals surface area contributed by atoms with E-state index in [2.05, 4.69) is 15.1 Å². The number of nitrogens with zero attached hydrogens (tertiary/aromatic N) is 3. The van der Waals surface area contributed by atoms with Crippen LogP contribution in [0.3, 0.4) is 0 Å². The van der Waals surface area contributed by atoms with E-state index in [0.29, 0.717) is 42.5 Å². The van der Waals surface area contributed by atoms with E-state index in [0.717, 1.165) is 64.8 Å². The van der Waals surface area contributed by atoms with Crippen molar-refractivity contribution in [1.82, 2.24) is 20.0 Å². The molecule has 4 heterocycles. The van der Waals surface area contributed by atoms with Crippen LogP contribution in [0.4, 0.5) is 4.79 Å². The summed E-state index contributed by atoms with van der Waals surface area (Å²) in [5, 5.41) is 3.22. The van der Waals surface area contributed by atoms with E-state index in [9.17, 15) is 14.4 Å². The fourth-order valence-corrected chi connectivity index (χ4v) is 6.94. The Labute approximate surface area is 185 Å². The monoisotopic (exact) mass is 430 g/mol. The van der Waals surface area contributed by atoms with Crippen LogP contribution in [-0.2, 0) is 9.59 Å². The van der Waals surface area contributed by atoms with Gasteiger partial charge in [0.1, 0.15) is 0 Å². The van der Waals surface area contributed by atoms with Crippen LogP contribution in [0, 0.1) is 17.8 Å². The van der Waals surface area contributed by atoms with Crippen LogP contribution < -0.4 is 5.32 Å². The summed E-state index contributed by atoms with van der Waals surface area (Å²) < 4.78 is 0. The maximum atomic E-state index is 13.3. The molecule has 3 atom stereocenters. The number of amides is 4. The predicted molar refractivity (Wildman–Crippen MR) is 117 cm³/mol. The highest BCUT2D eigenvalue weighted by molar-refractivity contribution is 5.78. The minimum absolute atomic E-state index is 0.168. The highest BCUT2D eigenvalue weighted by atomic mass is 16.2. The molecule has 5 rings (SSSR count). The molecular formula is C24H38N4O3. The molecule has 0 unspecified atom stereocenters. The number of nitrogens with one attached hydrogen (secondary N) is 1. The van der Waals surface area contributed by atoms with Crippen LogP contribution >= 0.6 is 0 Å². The Morgan fingerprint density at radius 1 is 0.903 bits per heavy atom. The summed E-state index contributed by atoms with van der Waals surface area (Å²) >= 11 is 0. The van der Waals surface area contributed by atoms with Crippen molar-refractivity contribution in [3.63, 3.8) is 0 Å². The molecule has 1 saturated carbocycles. The fourth-order valence-electron chi connectivity index (χ4n) is 6.94. The van der Waals surface area contributed by atoms with Gasteiger partial charge in [-0.25, -0.2) is 4.79 Å². The molecule has 31 heavy (non-hydrogen) atoms. The molecule has 4 saturated heterocycles. The number of fused-ring (bicyclic) bond motifs is 4. The van der Waals surface area contributed by atoms with Crippen molar-refractivity contribution < 1.29 is 14.4 Å². The van der Waals surface area contributed by atoms with Crippen molar-refractivity contribution in [3.05, 3.63) is 0 Å². The number of rotatable bonds is 3. The average molecular weight is 431 g/mol. The Morgan fingerprint density at radius 3 is 2.45 bits per heavy atom. The first-order valence-corrected chi connectivity index (χ1v) is 12.7. The zero-order chi connectivity index (χ0) is 21.4. The molecule has 0 aromatic carbocycles. The van der Waals surface area contributed by atoms with Crippen LogP contribution in [0.2, 0.25) is 0 Å². The van der Waals surface area contributed by atoms with Gasteiger partial charge < -0.3 is 20.0 Å². The summed E-state index contributed by atoms with van der Waals surface area (Å²) in [6, 6.07) is 0.718. The van der Waals surface area contributed by atoms with Gasteiger partial charge in [-0.15, -0.1) is 0 Å². The molecule has 4 amide bonds. The molecule has 1 N–H and O–H groups in total. The van der Waals surface area contributed by atoms with Gasteiger partial charge in [-0.2, -0.15) is 0 Å². The van der Waals surface area contributed by atoms with Gasteiger partial charge in [0.25, 0.3) is 0 Å². The molecule has 0 aromatic rings. The van der Waals surface area contributed by atoms with Gasteiger partial charge in [0, 0.05) is 57.6 Å². The van der Waals surface area contributed by atoms with Gasteiger partial charge in [0.2, 0.25) is 11.8 Å². The zero-order valence-corrected chi connectivity index (χ0v) is 18.8. The SMILES string of the molecule is O=C(CC1CCCC1)NC1CCN(C(=O)N2C[C@H]3C[C@H](C2)[C@H]2CCCC(=O)N2C3)CC1. The van der Waals surface area contributed by atoms with E-state index in [1.807, 2.05) is 4.90 Å². The molecule has 7 heteroatoms. The summed E-state index contributed by atoms with van der Waals surface area (Å²) in [6.45, 7) is 3.87. The van der Waals surface area contributed by atoms with Crippen molar-refractivity contribution >= 4 is 17.8 Å². The topological polar surface area (TPSA) is 73.0 Å². The number of hydrogen-bond donors (Lipinski definition) is 1. The molecule has 0 radical (unpaired) electrons. The quantitative estimate of drug-likeness (QED) is 0.748. The van der Waals surface area contributed by atoms with Crippen LogP contribution in [0.5, 0.6) is 0 Å². The predicted octanol–water partition coefficient (Wildman–Crippen LogP) is 2.60. The van der Waals surface area contributed by atoms with Crippen molar-refractivity contribution in [2.75, 3.05) is 32.7 Å². The second-order valence-electron chi connectivity index (χ2n) is 10.7. The Kier molecular flexibility index (Phi) is 6.11. The normalized spacial score (nSPS) is 32.2. The minimum atomic E-state index is 0.168. The number of urea groups is 1. The first kappa shape index (κ1) is 21.1. The van der Waals surface area contributed by atoms with Gasteiger partial charge in [-0.3, -0.25) is 9.59 Å². The summed E-state index contributed by atoms with van der Waals surface area (Å²) in [5.41, 5.74) is 0. The zero-order valence-electron chi connectivity index (χ0n) is 18.8. The smallest absolute Gasteiger partial charge is 0.320 e. The molecule has 0 spiro atoms. The molecule has 0 aromatic heterocycles. The van der Waals surface area contributed by atoms with Crippen molar-refractivity contribution in [2.24, 2.45) is 17.8 Å². The van der Waals surface area contributed by atoms with E-state index >= 15 is 0 Å². The molecule has 1 aliphatic carbocycles. The Morgan fingerprint density at radius 2 is 1.68 bits per heavy atom. The van der Waals surface area contributed by atoms with E-state index in [-0.39, 0.29) is 18.0 Å². The summed E-state index contributed by atoms with van der Waals surface area (Å²) in [6.07, 6.45) is 11.3. The standard InChI is InChI=1S/C24H38N4O3/c29-22(13-17-4-1-2-5-17)25-20-8-10-26(11-9-20)24(31)27-14-18-12-19(16-27)21-6-3-7-23(30)28(21)15-18/h17-21H,1-16H2,(H,25,29)/t18-,19-,21-/m1/s1. The third-order valence-corrected chi connectivity index (χ3v) is 8.53. The number of piperidine rings is 4. The van der Waals surface area contributed by atoms with Gasteiger partial charge in [0.15, 0.2) is 0 Å². The molecule has 7 nitrogen and oxygen atoms in total. The van der Waals surface area contributed by atoms with Crippen LogP contribution in [-0.4, -0.2) is 77.4 Å². The summed E-state index contributed by atoms with van der Waals surface area (Å²) in [5.74, 6) is 1.96. The fraction of sp³-hybridized carbons (Fsp3) is 0.875. The summed E-state index contributed by atoms with van der Waals surface area (Å²) in [7, 11) is 0. The maximum Gasteiger partial charge on any atom is 0.320 e. The Hall–Kier alpha value is -1.79. The third kappa shape index (κ3) is 4.56. The van der Waals surface area contributed by atoms with Gasteiger partial charge in [0.05, 0.1) is 0 Å². The first-order valence-electron chi connectivity index (χ1n) is 12.7. The third-order valence-electron chi connectivity index (χ3n) is 8.53. The van der Waals surface area contributed by atoms with Gasteiger partial charge in [-0.1, -0.05) is 12.8 Å². The second-order valence-corrected chi connectivity index (χ2v) is 10.7. The van der Waals surface area contributed by atoms with E-state index in [4.69, 9.17) is 0 Å². The number of hydrogen-bond acceptors (Lipinski definition) is 3. The minimum Gasteiger partial charge on any atom is -0.353 e. The highest BCUT2D eigenvalue weighted by Crippen LogP contribution is 2.38. The Balaban J connectivity index is 1.10. The van der Waals surface area contributed by atoms with Crippen molar-refractivity contribution in [2.45, 2.75) is 82.7 Å². The van der Waals surface area contributed by atoms with E-state index in [1.165, 1.54) is 25.7 Å². The number of carbonyl (C=O) groups excluding carboxylic acids is 3. The largest absolute Gasteiger partial charge is 0.353 e. The second kappa shape index (κ2) is 8.99. The van der Waals surface area contributed by atoms with Crippen LogP contribution in [0.25, 0.3) is 0 Å². The van der Waals surface area contributed by atoms with Crippen molar-refractivity contribution in [1.29, 1.82) is 0 Å². The van der Waals surface area contributed by atoms with E-state index < -0.39 is 0 Å². The lowest BCUT2D eigenvalue weighted by atomic mass is 9.76. The lowest BCUT2D eigenvalue weighted by molar-refractivity contribution is -0.144. The lowest BCUT2D eigenvalue weighted by Crippen LogP contribution is -2.62. The van der Waals surface area contributed by atoms with Gasteiger partial charge in [-0.05, 0) is 62.7 Å². The molecule has 5 fully saturated rings.